The molecule has 0 unspecified atom stereocenters. The molecule has 48 heavy (non-hydrogen) atoms. The maximum absolute atomic E-state index is 11.8. The van der Waals surface area contributed by atoms with Gasteiger partial charge in [-0.25, -0.2) is 9.59 Å². The Labute approximate surface area is 283 Å². The van der Waals surface area contributed by atoms with Gasteiger partial charge < -0.3 is 27.8 Å². The van der Waals surface area contributed by atoms with Crippen molar-refractivity contribution >= 4 is 11.9 Å². The minimum absolute atomic E-state index is 0.106. The van der Waals surface area contributed by atoms with Crippen LogP contribution >= 0.6 is 0 Å². The van der Waals surface area contributed by atoms with Crippen LogP contribution in [0.25, 0.3) is 0 Å². The summed E-state index contributed by atoms with van der Waals surface area (Å²) in [6.07, 6.45) is 3.27. The molecule has 0 N–H and O–H groups in total. The van der Waals surface area contributed by atoms with E-state index in [2.05, 4.69) is 65.8 Å². The quantitative estimate of drug-likeness (QED) is 0.174. The standard InChI is InChI=1S/2C20H24O4/c1-5-22-19(21)17-9-7-14(24-17)12-15-13(2)6-8-16-18(15)23-11-10-20(16,3)4;1-5-22-19(21)17-7-6-15(24-17)11-14-12-16-18(10-13(14)2)23-9-8-20(16,3)4/h6-9H,5,10-12H2,1-4H3;6-7,10,12H,5,8-9,11H2,1-4H3. The Hall–Kier alpha value is -4.46. The highest BCUT2D eigenvalue weighted by molar-refractivity contribution is 5.86. The van der Waals surface area contributed by atoms with E-state index >= 15 is 0 Å². The highest BCUT2D eigenvalue weighted by atomic mass is 16.5. The Bertz CT molecular complexity index is 1760. The second-order valence-corrected chi connectivity index (χ2v) is 13.8. The third-order valence-corrected chi connectivity index (χ3v) is 9.34. The van der Waals surface area contributed by atoms with E-state index in [4.69, 9.17) is 27.8 Å². The van der Waals surface area contributed by atoms with Gasteiger partial charge in [-0.2, -0.15) is 0 Å². The zero-order valence-corrected chi connectivity index (χ0v) is 29.5. The molecular formula is C40H48O8. The highest BCUT2D eigenvalue weighted by Gasteiger charge is 2.32. The van der Waals surface area contributed by atoms with Crippen molar-refractivity contribution in [2.24, 2.45) is 0 Å². The molecule has 0 atom stereocenters. The summed E-state index contributed by atoms with van der Waals surface area (Å²) in [5.41, 5.74) is 7.35. The summed E-state index contributed by atoms with van der Waals surface area (Å²) in [7, 11) is 0. The summed E-state index contributed by atoms with van der Waals surface area (Å²) in [4.78, 5) is 23.5. The fraction of sp³-hybridized carbons (Fsp3) is 0.450. The first-order chi connectivity index (χ1) is 22.8. The van der Waals surface area contributed by atoms with Crippen molar-refractivity contribution in [1.82, 2.24) is 0 Å². The number of carbonyl (C=O) groups excluding carboxylic acids is 2. The zero-order chi connectivity index (χ0) is 34.6. The fourth-order valence-electron chi connectivity index (χ4n) is 6.23. The lowest BCUT2D eigenvalue weighted by Crippen LogP contribution is -2.27. The van der Waals surface area contributed by atoms with Crippen molar-refractivity contribution in [3.05, 3.63) is 105 Å². The van der Waals surface area contributed by atoms with E-state index in [1.165, 1.54) is 27.8 Å². The summed E-state index contributed by atoms with van der Waals surface area (Å²) >= 11 is 0. The van der Waals surface area contributed by atoms with Gasteiger partial charge in [-0.1, -0.05) is 45.9 Å². The molecule has 0 radical (unpaired) electrons. The third kappa shape index (κ3) is 7.64. The lowest BCUT2D eigenvalue weighted by atomic mass is 9.78. The summed E-state index contributed by atoms with van der Waals surface area (Å²) in [5, 5.41) is 0. The normalized spacial score (nSPS) is 15.5. The first-order valence-electron chi connectivity index (χ1n) is 16.9. The predicted octanol–water partition coefficient (Wildman–Crippen LogP) is 8.83. The number of fused-ring (bicyclic) bond motifs is 2. The van der Waals surface area contributed by atoms with Gasteiger partial charge in [-0.3, -0.25) is 0 Å². The van der Waals surface area contributed by atoms with Gasteiger partial charge in [0.1, 0.15) is 23.0 Å². The topological polar surface area (TPSA) is 97.3 Å². The van der Waals surface area contributed by atoms with Crippen LogP contribution < -0.4 is 9.47 Å². The van der Waals surface area contributed by atoms with Crippen LogP contribution in [-0.2, 0) is 33.1 Å². The molecule has 4 aromatic rings. The summed E-state index contributed by atoms with van der Waals surface area (Å²) < 4.78 is 33.1. The van der Waals surface area contributed by atoms with Crippen LogP contribution in [0.5, 0.6) is 11.5 Å². The molecule has 0 fully saturated rings. The van der Waals surface area contributed by atoms with Gasteiger partial charge in [-0.15, -0.1) is 0 Å². The molecule has 8 heteroatoms. The molecule has 2 aliphatic heterocycles. The highest BCUT2D eigenvalue weighted by Crippen LogP contribution is 2.42. The largest absolute Gasteiger partial charge is 0.493 e. The number of aryl methyl sites for hydroxylation is 2. The van der Waals surface area contributed by atoms with Gasteiger partial charge in [0, 0.05) is 29.5 Å². The second kappa shape index (κ2) is 14.3. The molecule has 0 amide bonds. The lowest BCUT2D eigenvalue weighted by Gasteiger charge is -2.34. The van der Waals surface area contributed by atoms with Crippen LogP contribution in [0.2, 0.25) is 0 Å². The Morgan fingerprint density at radius 2 is 1.25 bits per heavy atom. The van der Waals surface area contributed by atoms with Crippen LogP contribution in [0.3, 0.4) is 0 Å². The molecule has 4 heterocycles. The monoisotopic (exact) mass is 656 g/mol. The number of ether oxygens (including phenoxy) is 4. The van der Waals surface area contributed by atoms with Crippen LogP contribution in [-0.4, -0.2) is 38.4 Å². The molecule has 256 valence electrons. The number of hydrogen-bond acceptors (Lipinski definition) is 8. The van der Waals surface area contributed by atoms with E-state index in [-0.39, 0.29) is 22.4 Å². The maximum atomic E-state index is 11.8. The molecule has 2 aromatic heterocycles. The molecule has 0 aliphatic carbocycles. The van der Waals surface area contributed by atoms with E-state index < -0.39 is 11.9 Å². The molecule has 6 rings (SSSR count). The number of esters is 2. The molecule has 0 saturated heterocycles. The van der Waals surface area contributed by atoms with Gasteiger partial charge in [0.05, 0.1) is 26.4 Å². The number of furan rings is 2. The lowest BCUT2D eigenvalue weighted by molar-refractivity contribution is 0.0479. The van der Waals surface area contributed by atoms with Crippen molar-refractivity contribution in [2.45, 2.75) is 91.9 Å². The molecule has 2 aromatic carbocycles. The second-order valence-electron chi connectivity index (χ2n) is 13.8. The van der Waals surface area contributed by atoms with E-state index in [0.717, 1.165) is 54.6 Å². The number of hydrogen-bond donors (Lipinski definition) is 0. The van der Waals surface area contributed by atoms with Crippen LogP contribution in [0.15, 0.2) is 57.4 Å². The molecule has 2 aliphatic rings. The predicted molar refractivity (Wildman–Crippen MR) is 184 cm³/mol. The Balaban J connectivity index is 0.000000188. The van der Waals surface area contributed by atoms with Crippen molar-refractivity contribution < 1.29 is 37.4 Å². The number of rotatable bonds is 8. The van der Waals surface area contributed by atoms with Gasteiger partial charge in [-0.05, 0) is 98.4 Å². The average molecular weight is 657 g/mol. The third-order valence-electron chi connectivity index (χ3n) is 9.34. The van der Waals surface area contributed by atoms with Crippen LogP contribution in [0.1, 0.15) is 120 Å². The average Bonchev–Trinajstić information content (AvgIpc) is 3.70. The Morgan fingerprint density at radius 3 is 1.85 bits per heavy atom. The van der Waals surface area contributed by atoms with E-state index in [1.807, 2.05) is 12.1 Å². The minimum Gasteiger partial charge on any atom is -0.493 e. The summed E-state index contributed by atoms with van der Waals surface area (Å²) in [6.45, 7) is 18.9. The van der Waals surface area contributed by atoms with E-state index in [9.17, 15) is 9.59 Å². The summed E-state index contributed by atoms with van der Waals surface area (Å²) in [5.74, 6) is 3.12. The van der Waals surface area contributed by atoms with E-state index in [1.54, 1.807) is 26.0 Å². The molecular weight excluding hydrogens is 608 g/mol. The van der Waals surface area contributed by atoms with Crippen LogP contribution in [0.4, 0.5) is 0 Å². The zero-order valence-electron chi connectivity index (χ0n) is 29.5. The Morgan fingerprint density at radius 1 is 0.688 bits per heavy atom. The van der Waals surface area contributed by atoms with Gasteiger partial charge in [0.15, 0.2) is 0 Å². The summed E-state index contributed by atoms with van der Waals surface area (Å²) in [6, 6.07) is 15.7. The Kier molecular flexibility index (Phi) is 10.4. The van der Waals surface area contributed by atoms with Gasteiger partial charge in [0.25, 0.3) is 0 Å². The van der Waals surface area contributed by atoms with Crippen molar-refractivity contribution in [3.8, 4) is 11.5 Å². The fourth-order valence-corrected chi connectivity index (χ4v) is 6.23. The smallest absolute Gasteiger partial charge is 0.374 e. The minimum atomic E-state index is -0.423. The molecule has 0 spiro atoms. The molecule has 0 saturated carbocycles. The first kappa shape index (κ1) is 34.9. The van der Waals surface area contributed by atoms with E-state index in [0.29, 0.717) is 26.1 Å². The van der Waals surface area contributed by atoms with Crippen molar-refractivity contribution in [1.29, 1.82) is 0 Å². The number of carbonyl (C=O) groups is 2. The maximum Gasteiger partial charge on any atom is 0.374 e. The first-order valence-corrected chi connectivity index (χ1v) is 16.9. The number of benzene rings is 2. The SMILES string of the molecule is CCOC(=O)c1ccc(Cc2c(C)ccc3c2OCCC3(C)C)o1.CCOC(=O)c1ccc(Cc2cc3c(cc2C)OCCC3(C)C)o1. The van der Waals surface area contributed by atoms with Crippen LogP contribution in [0, 0.1) is 13.8 Å². The van der Waals surface area contributed by atoms with Crippen molar-refractivity contribution in [3.63, 3.8) is 0 Å². The van der Waals surface area contributed by atoms with Gasteiger partial charge in [0.2, 0.25) is 11.5 Å². The molecule has 0 bridgehead atoms. The molecule has 8 nitrogen and oxygen atoms in total. The van der Waals surface area contributed by atoms with Gasteiger partial charge >= 0.3 is 11.9 Å². The van der Waals surface area contributed by atoms with Crippen molar-refractivity contribution in [2.75, 3.05) is 26.4 Å².